The molecule has 0 N–H and O–H groups in total. The number of hydrogen-bond acceptors (Lipinski definition) is 4. The van der Waals surface area contributed by atoms with Crippen LogP contribution in [0.25, 0.3) is 0 Å². The van der Waals surface area contributed by atoms with Crippen molar-refractivity contribution < 1.29 is 18.1 Å². The molecule has 0 bridgehead atoms. The lowest BCUT2D eigenvalue weighted by Crippen LogP contribution is -2.06. The fourth-order valence-corrected chi connectivity index (χ4v) is 2.22. The average Bonchev–Trinajstić information content (AvgIpc) is 2.02. The molecule has 80 valence electrons. The minimum absolute atomic E-state index is 0.127. The first-order chi connectivity index (χ1) is 6.04. The van der Waals surface area contributed by atoms with Crippen LogP contribution in [0.15, 0.2) is 0 Å². The number of halogens is 1. The Morgan fingerprint density at radius 2 is 1.69 bits per heavy atom. The second-order valence-corrected chi connectivity index (χ2v) is 5.59. The van der Waals surface area contributed by atoms with E-state index < -0.39 is 7.82 Å². The molecule has 0 aromatic carbocycles. The van der Waals surface area contributed by atoms with Crippen molar-refractivity contribution in [1.29, 1.82) is 0 Å². The summed E-state index contributed by atoms with van der Waals surface area (Å²) in [5.74, 6) is 0. The van der Waals surface area contributed by atoms with Gasteiger partial charge in [0.15, 0.2) is 0 Å². The van der Waals surface area contributed by atoms with E-state index >= 15 is 0 Å². The summed E-state index contributed by atoms with van der Waals surface area (Å²) in [6, 6.07) is 0. The molecule has 0 radical (unpaired) electrons. The molecule has 0 aliphatic heterocycles. The minimum Gasteiger partial charge on any atom is -0.287 e. The number of hydrogen-bond donors (Lipinski definition) is 0. The smallest absolute Gasteiger partial charge is 0.287 e. The molecule has 0 aromatic heterocycles. The van der Waals surface area contributed by atoms with E-state index in [1.54, 1.807) is 13.8 Å². The minimum atomic E-state index is -3.30. The standard InChI is InChI=1S/C7H16BrO4P/c1-4-10-13(9,11-5-2)12-6-7(3)8/h7H,4-6H2,1-3H3. The highest BCUT2D eigenvalue weighted by molar-refractivity contribution is 9.09. The van der Waals surface area contributed by atoms with Crippen LogP contribution in [-0.2, 0) is 18.1 Å². The highest BCUT2D eigenvalue weighted by atomic mass is 79.9. The second kappa shape index (κ2) is 6.96. The summed E-state index contributed by atoms with van der Waals surface area (Å²) in [4.78, 5) is 0.127. The third kappa shape index (κ3) is 6.63. The quantitative estimate of drug-likeness (QED) is 0.529. The maximum atomic E-state index is 11.6. The Kier molecular flexibility index (Phi) is 7.27. The molecule has 4 nitrogen and oxygen atoms in total. The number of alkyl halides is 1. The first-order valence-electron chi connectivity index (χ1n) is 4.21. The van der Waals surface area contributed by atoms with Gasteiger partial charge in [0.2, 0.25) is 0 Å². The zero-order valence-corrected chi connectivity index (χ0v) is 10.6. The predicted molar refractivity (Wildman–Crippen MR) is 55.2 cm³/mol. The van der Waals surface area contributed by atoms with E-state index in [-0.39, 0.29) is 4.83 Å². The molecule has 0 aliphatic carbocycles. The summed E-state index contributed by atoms with van der Waals surface area (Å²) < 4.78 is 26.5. The van der Waals surface area contributed by atoms with Crippen molar-refractivity contribution in [2.75, 3.05) is 19.8 Å². The Balaban J connectivity index is 3.99. The van der Waals surface area contributed by atoms with Gasteiger partial charge >= 0.3 is 7.82 Å². The van der Waals surface area contributed by atoms with Crippen LogP contribution in [-0.4, -0.2) is 24.6 Å². The van der Waals surface area contributed by atoms with Crippen LogP contribution in [0.3, 0.4) is 0 Å². The molecule has 6 heteroatoms. The lowest BCUT2D eigenvalue weighted by atomic mass is 10.5. The van der Waals surface area contributed by atoms with Crippen LogP contribution >= 0.6 is 23.8 Å². The Hall–Kier alpha value is 0.590. The van der Waals surface area contributed by atoms with Crippen LogP contribution in [0.5, 0.6) is 0 Å². The van der Waals surface area contributed by atoms with Crippen LogP contribution in [0.4, 0.5) is 0 Å². The Morgan fingerprint density at radius 1 is 1.23 bits per heavy atom. The summed E-state index contributed by atoms with van der Waals surface area (Å²) in [5, 5.41) is 0. The van der Waals surface area contributed by atoms with Crippen molar-refractivity contribution >= 4 is 23.8 Å². The lowest BCUT2D eigenvalue weighted by molar-refractivity contribution is 0.123. The third-order valence-corrected chi connectivity index (χ3v) is 2.92. The Labute approximate surface area is 87.7 Å². The fourth-order valence-electron chi connectivity index (χ4n) is 0.622. The van der Waals surface area contributed by atoms with E-state index in [9.17, 15) is 4.57 Å². The van der Waals surface area contributed by atoms with Gasteiger partial charge in [-0.15, -0.1) is 0 Å². The van der Waals surface area contributed by atoms with Gasteiger partial charge in [0.25, 0.3) is 0 Å². The van der Waals surface area contributed by atoms with Gasteiger partial charge in [-0.1, -0.05) is 22.9 Å². The number of phosphoric ester groups is 1. The Bertz CT molecular complexity index is 164. The average molecular weight is 275 g/mol. The SMILES string of the molecule is CCOP(=O)(OCC)OCC(C)Br. The molecule has 0 fully saturated rings. The molecular weight excluding hydrogens is 259 g/mol. The molecule has 0 rings (SSSR count). The first-order valence-corrected chi connectivity index (χ1v) is 6.59. The number of rotatable bonds is 7. The van der Waals surface area contributed by atoms with Gasteiger partial charge in [-0.2, -0.15) is 0 Å². The molecule has 0 saturated carbocycles. The highest BCUT2D eigenvalue weighted by Gasteiger charge is 2.25. The van der Waals surface area contributed by atoms with Gasteiger partial charge in [0.1, 0.15) is 0 Å². The summed E-state index contributed by atoms with van der Waals surface area (Å²) in [5.41, 5.74) is 0. The molecule has 0 aliphatic rings. The van der Waals surface area contributed by atoms with E-state index in [1.165, 1.54) is 0 Å². The predicted octanol–water partition coefficient (Wildman–Crippen LogP) is 2.97. The summed E-state index contributed by atoms with van der Waals surface area (Å²) in [6.45, 7) is 6.31. The van der Waals surface area contributed by atoms with E-state index in [0.29, 0.717) is 19.8 Å². The van der Waals surface area contributed by atoms with Crippen molar-refractivity contribution in [1.82, 2.24) is 0 Å². The van der Waals surface area contributed by atoms with Crippen LogP contribution in [0.1, 0.15) is 20.8 Å². The summed E-state index contributed by atoms with van der Waals surface area (Å²) in [7, 11) is -3.30. The molecule has 13 heavy (non-hydrogen) atoms. The highest BCUT2D eigenvalue weighted by Crippen LogP contribution is 2.49. The zero-order valence-electron chi connectivity index (χ0n) is 8.16. The molecule has 0 aromatic rings. The van der Waals surface area contributed by atoms with E-state index in [2.05, 4.69) is 15.9 Å². The molecule has 0 spiro atoms. The van der Waals surface area contributed by atoms with E-state index in [4.69, 9.17) is 13.6 Å². The van der Waals surface area contributed by atoms with Gasteiger partial charge in [-0.3, -0.25) is 13.6 Å². The van der Waals surface area contributed by atoms with Gasteiger partial charge in [-0.05, 0) is 13.8 Å². The fraction of sp³-hybridized carbons (Fsp3) is 1.00. The zero-order chi connectivity index (χ0) is 10.3. The Morgan fingerprint density at radius 3 is 2.00 bits per heavy atom. The second-order valence-electron chi connectivity index (χ2n) is 2.36. The van der Waals surface area contributed by atoms with Crippen LogP contribution < -0.4 is 0 Å². The normalized spacial score (nSPS) is 14.5. The van der Waals surface area contributed by atoms with Crippen LogP contribution in [0, 0.1) is 0 Å². The van der Waals surface area contributed by atoms with Crippen molar-refractivity contribution in [2.45, 2.75) is 25.6 Å². The maximum absolute atomic E-state index is 11.6. The van der Waals surface area contributed by atoms with Gasteiger partial charge in [0.05, 0.1) is 19.8 Å². The van der Waals surface area contributed by atoms with Crippen molar-refractivity contribution in [3.05, 3.63) is 0 Å². The largest absolute Gasteiger partial charge is 0.474 e. The molecular formula is C7H16BrO4P. The van der Waals surface area contributed by atoms with E-state index in [1.807, 2.05) is 6.92 Å². The van der Waals surface area contributed by atoms with Gasteiger partial charge < -0.3 is 0 Å². The lowest BCUT2D eigenvalue weighted by Gasteiger charge is -2.16. The third-order valence-electron chi connectivity index (χ3n) is 1.04. The van der Waals surface area contributed by atoms with Crippen molar-refractivity contribution in [3.8, 4) is 0 Å². The van der Waals surface area contributed by atoms with Gasteiger partial charge in [-0.25, -0.2) is 4.57 Å². The molecule has 0 amide bonds. The topological polar surface area (TPSA) is 44.8 Å². The molecule has 1 atom stereocenters. The van der Waals surface area contributed by atoms with Crippen LogP contribution in [0.2, 0.25) is 0 Å². The molecule has 0 heterocycles. The summed E-state index contributed by atoms with van der Waals surface area (Å²) in [6.07, 6.45) is 0. The maximum Gasteiger partial charge on any atom is 0.474 e. The first kappa shape index (κ1) is 13.6. The molecule has 0 saturated heterocycles. The monoisotopic (exact) mass is 274 g/mol. The van der Waals surface area contributed by atoms with E-state index in [0.717, 1.165) is 0 Å². The molecule has 1 unspecified atom stereocenters. The van der Waals surface area contributed by atoms with Crippen molar-refractivity contribution in [3.63, 3.8) is 0 Å². The van der Waals surface area contributed by atoms with Crippen molar-refractivity contribution in [2.24, 2.45) is 0 Å². The summed E-state index contributed by atoms with van der Waals surface area (Å²) >= 11 is 3.27. The number of phosphoric acid groups is 1. The van der Waals surface area contributed by atoms with Gasteiger partial charge in [0, 0.05) is 4.83 Å².